The topological polar surface area (TPSA) is 132 Å². The number of hydrogen-bond acceptors (Lipinski definition) is 9. The number of carbonyl (C=O) groups is 7. The van der Waals surface area contributed by atoms with Crippen molar-refractivity contribution in [2.75, 3.05) is 26.0 Å². The molecule has 0 rings (SSSR count). The Morgan fingerprint density at radius 1 is 0.500 bits per heavy atom. The maximum absolute atomic E-state index is 11.6. The first-order chi connectivity index (χ1) is 24.2. The smallest absolute Gasteiger partial charge is 0.305 e. The van der Waals surface area contributed by atoms with Gasteiger partial charge in [0.25, 0.3) is 0 Å². The van der Waals surface area contributed by atoms with Gasteiger partial charge in [0.05, 0.1) is 6.61 Å². The van der Waals surface area contributed by atoms with Gasteiger partial charge in [-0.2, -0.15) is 0 Å². The van der Waals surface area contributed by atoms with E-state index in [1.54, 1.807) is 18.9 Å². The third-order valence-corrected chi connectivity index (χ3v) is 8.73. The van der Waals surface area contributed by atoms with Gasteiger partial charge in [0.1, 0.15) is 23.1 Å². The number of rotatable bonds is 16. The molecule has 0 aliphatic heterocycles. The van der Waals surface area contributed by atoms with Gasteiger partial charge >= 0.3 is 5.97 Å². The summed E-state index contributed by atoms with van der Waals surface area (Å²) in [6.07, 6.45) is 5.48. The molecule has 0 aromatic rings. The van der Waals surface area contributed by atoms with E-state index in [-0.39, 0.29) is 61.4 Å². The predicted octanol–water partition coefficient (Wildman–Crippen LogP) is 10.7. The molecule has 0 heterocycles. The minimum absolute atomic E-state index is 0.124. The van der Waals surface area contributed by atoms with Crippen LogP contribution in [-0.4, -0.2) is 71.0 Å². The van der Waals surface area contributed by atoms with Gasteiger partial charge in [0, 0.05) is 80.2 Å². The van der Waals surface area contributed by atoms with Crippen LogP contribution < -0.4 is 0 Å². The molecule has 0 fully saturated rings. The molecule has 0 N–H and O–H groups in total. The molecule has 54 heavy (non-hydrogen) atoms. The highest BCUT2D eigenvalue weighted by Crippen LogP contribution is 2.26. The van der Waals surface area contributed by atoms with Gasteiger partial charge in [0.2, 0.25) is 5.91 Å². The molecule has 0 spiro atoms. The molecule has 0 aromatic carbocycles. The van der Waals surface area contributed by atoms with E-state index in [9.17, 15) is 33.6 Å². The second kappa shape index (κ2) is 28.1. The van der Waals surface area contributed by atoms with Crippen LogP contribution in [0.4, 0.5) is 0 Å². The summed E-state index contributed by atoms with van der Waals surface area (Å²) in [6.45, 7) is 36.2. The molecule has 9 nitrogen and oxygen atoms in total. The molecular formula is C44H83NO8S. The highest BCUT2D eigenvalue weighted by molar-refractivity contribution is 8.13. The molecule has 1 amide bonds. The van der Waals surface area contributed by atoms with Gasteiger partial charge < -0.3 is 9.64 Å². The van der Waals surface area contributed by atoms with Crippen LogP contribution in [0.25, 0.3) is 0 Å². The summed E-state index contributed by atoms with van der Waals surface area (Å²) >= 11 is 1.34. The summed E-state index contributed by atoms with van der Waals surface area (Å²) in [4.78, 5) is 81.1. The van der Waals surface area contributed by atoms with Gasteiger partial charge in [-0.25, -0.2) is 0 Å². The Balaban J connectivity index is -0.000000310. The largest absolute Gasteiger partial charge is 0.466 e. The van der Waals surface area contributed by atoms with Crippen molar-refractivity contribution >= 4 is 51.9 Å². The fourth-order valence-electron chi connectivity index (χ4n) is 3.89. The van der Waals surface area contributed by atoms with Crippen LogP contribution in [0.1, 0.15) is 189 Å². The minimum atomic E-state index is -0.297. The molecule has 0 saturated heterocycles. The van der Waals surface area contributed by atoms with E-state index in [4.69, 9.17) is 4.74 Å². The van der Waals surface area contributed by atoms with Crippen molar-refractivity contribution in [1.82, 2.24) is 4.90 Å². The monoisotopic (exact) mass is 786 g/mol. The average Bonchev–Trinajstić information content (AvgIpc) is 2.99. The van der Waals surface area contributed by atoms with E-state index in [0.29, 0.717) is 76.6 Å². The number of Topliss-reactive ketones (excluding diaryl/α,β-unsaturated/α-hetero) is 4. The molecule has 0 bridgehead atoms. The van der Waals surface area contributed by atoms with Gasteiger partial charge in [-0.3, -0.25) is 33.6 Å². The lowest BCUT2D eigenvalue weighted by Crippen LogP contribution is -2.26. The molecule has 0 aromatic heterocycles. The normalized spacial score (nSPS) is 11.7. The molecule has 10 heteroatoms. The van der Waals surface area contributed by atoms with Crippen molar-refractivity contribution in [3.8, 4) is 0 Å². The Labute approximate surface area is 336 Å². The molecule has 0 unspecified atom stereocenters. The van der Waals surface area contributed by atoms with Gasteiger partial charge in [-0.1, -0.05) is 123 Å². The number of amides is 1. The number of ketones is 4. The van der Waals surface area contributed by atoms with Crippen LogP contribution in [0.3, 0.4) is 0 Å². The van der Waals surface area contributed by atoms with Gasteiger partial charge in [0.15, 0.2) is 5.12 Å². The summed E-state index contributed by atoms with van der Waals surface area (Å²) in [5.74, 6) is 1.76. The second-order valence-corrected chi connectivity index (χ2v) is 20.3. The number of hydrogen-bond donors (Lipinski definition) is 0. The van der Waals surface area contributed by atoms with Crippen molar-refractivity contribution in [2.45, 2.75) is 189 Å². The standard InChI is InChI=1S/C12H23NO2.C11H20O3.C11H20O2S.C10H20O/c1-6-13(5)11(15)9-7-8-10(14)12(2,3)4;2*1-5-14-10(13)8-6-7-9(12)11(2,3)4;1-9(2,3)7-8(11)10(4,5)6/h6-9H2,1-5H3;2*5-8H2,1-4H3;7H2,1-6H3. The van der Waals surface area contributed by atoms with Crippen molar-refractivity contribution in [3.05, 3.63) is 0 Å². The van der Waals surface area contributed by atoms with Crippen molar-refractivity contribution < 1.29 is 38.3 Å². The first-order valence-corrected chi connectivity index (χ1v) is 20.8. The third kappa shape index (κ3) is 36.6. The van der Waals surface area contributed by atoms with Crippen LogP contribution in [-0.2, 0) is 38.3 Å². The van der Waals surface area contributed by atoms with Crippen molar-refractivity contribution in [3.63, 3.8) is 0 Å². The van der Waals surface area contributed by atoms with Crippen LogP contribution in [0, 0.1) is 27.1 Å². The van der Waals surface area contributed by atoms with Crippen molar-refractivity contribution in [2.24, 2.45) is 27.1 Å². The van der Waals surface area contributed by atoms with Crippen LogP contribution >= 0.6 is 11.8 Å². The molecule has 0 saturated carbocycles. The SMILES string of the molecule is CC(C)(C)CC(=O)C(C)(C)C.CCN(C)C(=O)CCCC(=O)C(C)(C)C.CCOC(=O)CCCC(=O)C(C)(C)C.CCSC(=O)CCCC(=O)C(C)(C)C. The summed E-state index contributed by atoms with van der Waals surface area (Å²) in [7, 11) is 1.79. The quantitative estimate of drug-likeness (QED) is 0.140. The Hall–Kier alpha value is -2.36. The number of thioether (sulfide) groups is 1. The first-order valence-electron chi connectivity index (χ1n) is 19.9. The zero-order valence-corrected chi connectivity index (χ0v) is 39.1. The lowest BCUT2D eigenvalue weighted by Gasteiger charge is -2.23. The Morgan fingerprint density at radius 2 is 0.852 bits per heavy atom. The zero-order valence-electron chi connectivity index (χ0n) is 38.3. The number of carbonyl (C=O) groups excluding carboxylic acids is 7. The fourth-order valence-corrected chi connectivity index (χ4v) is 4.50. The average molecular weight is 786 g/mol. The predicted molar refractivity (Wildman–Crippen MR) is 227 cm³/mol. The molecule has 0 aliphatic carbocycles. The number of esters is 1. The highest BCUT2D eigenvalue weighted by Gasteiger charge is 2.26. The van der Waals surface area contributed by atoms with Crippen LogP contribution in [0.2, 0.25) is 0 Å². The maximum Gasteiger partial charge on any atom is 0.305 e. The van der Waals surface area contributed by atoms with Gasteiger partial charge in [-0.15, -0.1) is 0 Å². The fraction of sp³-hybridized carbons (Fsp3) is 0.841. The summed E-state index contributed by atoms with van der Waals surface area (Å²) in [6, 6.07) is 0. The van der Waals surface area contributed by atoms with Crippen LogP contribution in [0.15, 0.2) is 0 Å². The lowest BCUT2D eigenvalue weighted by molar-refractivity contribution is -0.143. The maximum atomic E-state index is 11.6. The van der Waals surface area contributed by atoms with E-state index in [1.165, 1.54) is 11.8 Å². The van der Waals surface area contributed by atoms with Crippen LogP contribution in [0.5, 0.6) is 0 Å². The number of ether oxygens (including phenoxy) is 1. The Kier molecular flexibility index (Phi) is 30.4. The molecule has 318 valence electrons. The summed E-state index contributed by atoms with van der Waals surface area (Å²) in [5.41, 5.74) is -0.882. The molecule has 0 atom stereocenters. The molecular weight excluding hydrogens is 703 g/mol. The van der Waals surface area contributed by atoms with Gasteiger partial charge in [-0.05, 0) is 44.3 Å². The lowest BCUT2D eigenvalue weighted by atomic mass is 9.80. The first kappa shape index (κ1) is 58.3. The van der Waals surface area contributed by atoms with E-state index in [2.05, 4.69) is 20.8 Å². The summed E-state index contributed by atoms with van der Waals surface area (Å²) in [5, 5.41) is 0.203. The van der Waals surface area contributed by atoms with E-state index in [0.717, 1.165) is 12.3 Å². The summed E-state index contributed by atoms with van der Waals surface area (Å²) < 4.78 is 4.76. The highest BCUT2D eigenvalue weighted by atomic mass is 32.2. The van der Waals surface area contributed by atoms with E-state index < -0.39 is 0 Å². The third-order valence-electron chi connectivity index (χ3n) is 7.91. The number of nitrogens with zero attached hydrogens (tertiary/aromatic N) is 1. The van der Waals surface area contributed by atoms with E-state index in [1.807, 2.05) is 96.9 Å². The minimum Gasteiger partial charge on any atom is -0.466 e. The molecule has 0 aliphatic rings. The van der Waals surface area contributed by atoms with E-state index >= 15 is 0 Å². The Bertz CT molecular complexity index is 1090. The van der Waals surface area contributed by atoms with Crippen molar-refractivity contribution in [1.29, 1.82) is 0 Å². The molecule has 0 radical (unpaired) electrons. The zero-order chi connectivity index (χ0) is 43.7. The Morgan fingerprint density at radius 3 is 1.13 bits per heavy atom. The second-order valence-electron chi connectivity index (χ2n) is 19.0.